The van der Waals surface area contributed by atoms with E-state index in [1.807, 2.05) is 31.1 Å². The molecule has 260 valence electrons. The van der Waals surface area contributed by atoms with Gasteiger partial charge < -0.3 is 30.2 Å². The predicted octanol–water partition coefficient (Wildman–Crippen LogP) is 6.90. The van der Waals surface area contributed by atoms with Crippen molar-refractivity contribution in [3.8, 4) is 39.7 Å². The SMILES string of the molecule is COC(=O)N[C@H](C(=O)N1CC2(CC2)C[C@H]1c1ncc(-c2ccc(-c3ccc4cc(-c5cnc([C@@H]6C[C@H](C#N)CN6)[nH]5)ccc4c3)cc2)[nH]1)C(C)C. The van der Waals surface area contributed by atoms with Crippen LogP contribution in [0.1, 0.15) is 63.3 Å². The molecule has 0 unspecified atom stereocenters. The second-order valence-electron chi connectivity index (χ2n) is 14.8. The lowest BCUT2D eigenvalue weighted by Crippen LogP contribution is -2.51. The molecule has 3 fully saturated rings. The number of fused-ring (bicyclic) bond motifs is 1. The fraction of sp³-hybridized carbons (Fsp3) is 0.375. The maximum atomic E-state index is 13.8. The average molecular weight is 683 g/mol. The number of carbonyl (C=O) groups excluding carboxylic acids is 2. The van der Waals surface area contributed by atoms with E-state index in [1.54, 1.807) is 0 Å². The molecule has 1 saturated carbocycles. The maximum Gasteiger partial charge on any atom is 0.407 e. The maximum absolute atomic E-state index is 13.8. The molecule has 2 aliphatic heterocycles. The predicted molar refractivity (Wildman–Crippen MR) is 194 cm³/mol. The summed E-state index contributed by atoms with van der Waals surface area (Å²) in [6.07, 6.45) is 6.95. The quantitative estimate of drug-likeness (QED) is 0.139. The van der Waals surface area contributed by atoms with Gasteiger partial charge in [0.15, 0.2) is 0 Å². The molecule has 0 radical (unpaired) electrons. The molecule has 4 N–H and O–H groups in total. The van der Waals surface area contributed by atoms with E-state index >= 15 is 0 Å². The highest BCUT2D eigenvalue weighted by molar-refractivity contribution is 5.91. The Morgan fingerprint density at radius 3 is 2.22 bits per heavy atom. The topological polar surface area (TPSA) is 152 Å². The average Bonchev–Trinajstić information content (AvgIpc) is 3.68. The fourth-order valence-corrected chi connectivity index (χ4v) is 7.74. The van der Waals surface area contributed by atoms with Gasteiger partial charge in [0.05, 0.1) is 55.0 Å². The number of carbonyl (C=O) groups is 2. The number of ether oxygens (including phenoxy) is 1. The molecule has 0 bridgehead atoms. The minimum Gasteiger partial charge on any atom is -0.453 e. The summed E-state index contributed by atoms with van der Waals surface area (Å²) in [6, 6.07) is 23.0. The van der Waals surface area contributed by atoms with Crippen molar-refractivity contribution in [3.05, 3.63) is 84.7 Å². The Kier molecular flexibility index (Phi) is 8.35. The third-order valence-electron chi connectivity index (χ3n) is 11.0. The molecule has 2 amide bonds. The van der Waals surface area contributed by atoms with Crippen LogP contribution in [0.15, 0.2) is 73.1 Å². The van der Waals surface area contributed by atoms with Crippen LogP contribution in [0.25, 0.3) is 44.4 Å². The lowest BCUT2D eigenvalue weighted by Gasteiger charge is -2.30. The highest BCUT2D eigenvalue weighted by Gasteiger charge is 2.55. The van der Waals surface area contributed by atoms with Crippen LogP contribution in [0.5, 0.6) is 0 Å². The van der Waals surface area contributed by atoms with E-state index in [4.69, 9.17) is 9.72 Å². The summed E-state index contributed by atoms with van der Waals surface area (Å²) in [5, 5.41) is 17.7. The third-order valence-corrected chi connectivity index (χ3v) is 11.0. The van der Waals surface area contributed by atoms with Gasteiger partial charge in [0, 0.05) is 18.7 Å². The minimum absolute atomic E-state index is 0.0253. The van der Waals surface area contributed by atoms with Gasteiger partial charge in [-0.15, -0.1) is 0 Å². The Hall–Kier alpha value is -5.47. The first-order chi connectivity index (χ1) is 24.7. The first kappa shape index (κ1) is 32.7. The summed E-state index contributed by atoms with van der Waals surface area (Å²) < 4.78 is 4.80. The van der Waals surface area contributed by atoms with Crippen molar-refractivity contribution >= 4 is 22.8 Å². The van der Waals surface area contributed by atoms with Crippen LogP contribution in [0.2, 0.25) is 0 Å². The summed E-state index contributed by atoms with van der Waals surface area (Å²) in [4.78, 5) is 44.1. The number of nitrogens with zero attached hydrogens (tertiary/aromatic N) is 4. The van der Waals surface area contributed by atoms with Gasteiger partial charge in [0.2, 0.25) is 5.91 Å². The number of aromatic amines is 2. The van der Waals surface area contributed by atoms with Crippen molar-refractivity contribution in [2.75, 3.05) is 20.2 Å². The zero-order chi connectivity index (χ0) is 35.3. The number of amides is 2. The van der Waals surface area contributed by atoms with Gasteiger partial charge in [-0.1, -0.05) is 62.4 Å². The largest absolute Gasteiger partial charge is 0.453 e. The summed E-state index contributed by atoms with van der Waals surface area (Å²) >= 11 is 0. The third kappa shape index (κ3) is 6.36. The number of hydrogen-bond donors (Lipinski definition) is 4. The van der Waals surface area contributed by atoms with Gasteiger partial charge in [-0.25, -0.2) is 14.8 Å². The number of H-pyrrole nitrogens is 2. The van der Waals surface area contributed by atoms with E-state index in [1.165, 1.54) is 7.11 Å². The smallest absolute Gasteiger partial charge is 0.407 e. The second-order valence-corrected chi connectivity index (χ2v) is 14.8. The molecule has 2 aromatic heterocycles. The van der Waals surface area contributed by atoms with E-state index in [-0.39, 0.29) is 35.2 Å². The first-order valence-electron chi connectivity index (χ1n) is 17.8. The Labute approximate surface area is 296 Å². The number of hydrogen-bond acceptors (Lipinski definition) is 7. The Bertz CT molecular complexity index is 2140. The molecule has 3 aliphatic rings. The molecule has 11 nitrogen and oxygen atoms in total. The molecule has 4 heterocycles. The van der Waals surface area contributed by atoms with Crippen LogP contribution in [0, 0.1) is 28.6 Å². The van der Waals surface area contributed by atoms with Gasteiger partial charge >= 0.3 is 6.09 Å². The summed E-state index contributed by atoms with van der Waals surface area (Å²) in [5.41, 5.74) is 6.33. The van der Waals surface area contributed by atoms with E-state index in [0.717, 1.165) is 81.7 Å². The van der Waals surface area contributed by atoms with Gasteiger partial charge in [-0.3, -0.25) is 4.79 Å². The standard InChI is InChI=1S/C40H42N8O3/c1-23(2)35(47-39(50)51-3)38(49)48-22-40(12-13-40)17-34(48)37-44-20-32(46-37)26-6-4-25(5-7-26)27-8-9-29-16-30(11-10-28(29)15-27)33-21-43-36(45-33)31-14-24(18-41)19-42-31/h4-11,15-16,20-21,23-24,31,34-35,42H,12-14,17,19,22H2,1-3H3,(H,43,45)(H,44,46)(H,47,50)/t24-,31+,34+,35+/m1/s1. The van der Waals surface area contributed by atoms with Crippen molar-refractivity contribution in [3.63, 3.8) is 0 Å². The number of imidazole rings is 2. The van der Waals surface area contributed by atoms with Crippen LogP contribution in [0.4, 0.5) is 4.79 Å². The number of methoxy groups -OCH3 is 1. The number of rotatable bonds is 8. The van der Waals surface area contributed by atoms with Crippen molar-refractivity contribution in [2.24, 2.45) is 17.3 Å². The molecule has 11 heteroatoms. The zero-order valence-corrected chi connectivity index (χ0v) is 29.1. The van der Waals surface area contributed by atoms with E-state index in [9.17, 15) is 14.9 Å². The molecule has 4 atom stereocenters. The van der Waals surface area contributed by atoms with Gasteiger partial charge in [-0.2, -0.15) is 5.26 Å². The van der Waals surface area contributed by atoms with Crippen LogP contribution < -0.4 is 10.6 Å². The number of nitrogens with one attached hydrogen (secondary N) is 4. The number of benzene rings is 3. The van der Waals surface area contributed by atoms with Crippen molar-refractivity contribution in [1.82, 2.24) is 35.5 Å². The highest BCUT2D eigenvalue weighted by atomic mass is 16.5. The molecule has 5 aromatic rings. The summed E-state index contributed by atoms with van der Waals surface area (Å²) in [7, 11) is 1.31. The lowest BCUT2D eigenvalue weighted by molar-refractivity contribution is -0.135. The fourth-order valence-electron chi connectivity index (χ4n) is 7.74. The van der Waals surface area contributed by atoms with E-state index in [2.05, 4.69) is 92.3 Å². The van der Waals surface area contributed by atoms with E-state index in [0.29, 0.717) is 13.1 Å². The van der Waals surface area contributed by atoms with Gasteiger partial charge in [0.25, 0.3) is 0 Å². The molecule has 51 heavy (non-hydrogen) atoms. The Balaban J connectivity index is 0.973. The van der Waals surface area contributed by atoms with Gasteiger partial charge in [0.1, 0.15) is 17.7 Å². The van der Waals surface area contributed by atoms with Crippen LogP contribution >= 0.6 is 0 Å². The summed E-state index contributed by atoms with van der Waals surface area (Å²) in [6.45, 7) is 5.23. The second kappa shape index (κ2) is 13.0. The van der Waals surface area contributed by atoms with Gasteiger partial charge in [-0.05, 0) is 76.6 Å². The van der Waals surface area contributed by atoms with Crippen LogP contribution in [-0.4, -0.2) is 63.1 Å². The molecule has 1 spiro atoms. The monoisotopic (exact) mass is 682 g/mol. The molecule has 8 rings (SSSR count). The number of nitriles is 1. The Morgan fingerprint density at radius 1 is 0.922 bits per heavy atom. The molecule has 1 aliphatic carbocycles. The normalized spacial score (nSPS) is 21.2. The van der Waals surface area contributed by atoms with Crippen molar-refractivity contribution < 1.29 is 14.3 Å². The summed E-state index contributed by atoms with van der Waals surface area (Å²) in [5.74, 6) is 1.49. The molecular weight excluding hydrogens is 640 g/mol. The van der Waals surface area contributed by atoms with Crippen LogP contribution in [0.3, 0.4) is 0 Å². The lowest BCUT2D eigenvalue weighted by atomic mass is 9.98. The number of alkyl carbamates (subject to hydrolysis) is 1. The minimum atomic E-state index is -0.670. The number of aromatic nitrogens is 4. The van der Waals surface area contributed by atoms with Crippen molar-refractivity contribution in [2.45, 2.75) is 57.7 Å². The zero-order valence-electron chi connectivity index (χ0n) is 29.1. The number of likely N-dealkylation sites (tertiary alicyclic amines) is 1. The molecule has 2 saturated heterocycles. The molecule has 3 aromatic carbocycles. The highest BCUT2D eigenvalue weighted by Crippen LogP contribution is 2.58. The van der Waals surface area contributed by atoms with E-state index < -0.39 is 12.1 Å². The Morgan fingerprint density at radius 2 is 1.55 bits per heavy atom. The first-order valence-corrected chi connectivity index (χ1v) is 17.8. The van der Waals surface area contributed by atoms with Crippen LogP contribution in [-0.2, 0) is 9.53 Å². The molecular formula is C40H42N8O3. The van der Waals surface area contributed by atoms with Crippen molar-refractivity contribution in [1.29, 1.82) is 5.26 Å².